The predicted molar refractivity (Wildman–Crippen MR) is 199 cm³/mol. The maximum absolute atomic E-state index is 13.8. The number of nitro groups is 1. The van der Waals surface area contributed by atoms with Crippen LogP contribution in [0.2, 0.25) is 0 Å². The van der Waals surface area contributed by atoms with Crippen LogP contribution in [0.1, 0.15) is 37.1 Å². The Morgan fingerprint density at radius 1 is 0.720 bits per heavy atom. The van der Waals surface area contributed by atoms with E-state index in [-0.39, 0.29) is 48.1 Å². The van der Waals surface area contributed by atoms with Crippen molar-refractivity contribution in [2.45, 2.75) is 39.8 Å². The molecule has 14 heteroatoms. The minimum absolute atomic E-state index is 0. The number of carbonyl (C=O) groups is 2. The number of ether oxygens (including phenoxy) is 2. The molecule has 0 fully saturated rings. The number of nitrogens with one attached hydrogen (secondary N) is 2. The summed E-state index contributed by atoms with van der Waals surface area (Å²) in [7, 11) is 2.53. The van der Waals surface area contributed by atoms with Gasteiger partial charge in [-0.05, 0) is 47.5 Å². The molecule has 0 saturated heterocycles. The molecule has 0 saturated carbocycles. The average Bonchev–Trinajstić information content (AvgIpc) is 3.08. The second-order valence-electron chi connectivity index (χ2n) is 10.1. The second-order valence-corrected chi connectivity index (χ2v) is 10.9. The number of carbonyl (C=O) groups excluding carboxylic acids is 2. The molecular weight excluding hydrogens is 687 g/mol. The quantitative estimate of drug-likeness (QED) is 0.0511. The topological polar surface area (TPSA) is 146 Å². The molecule has 4 aromatic rings. The van der Waals surface area contributed by atoms with Gasteiger partial charge in [0, 0.05) is 41.8 Å². The van der Waals surface area contributed by atoms with E-state index in [1.54, 1.807) is 48.5 Å². The number of benzene rings is 4. The molecule has 0 amide bonds. The molecule has 0 aromatic heterocycles. The third-order valence-corrected chi connectivity index (χ3v) is 7.50. The molecule has 10 nitrogen and oxygen atoms in total. The van der Waals surface area contributed by atoms with Crippen molar-refractivity contribution in [1.82, 2.24) is 10.6 Å². The van der Waals surface area contributed by atoms with Crippen LogP contribution in [-0.4, -0.2) is 53.1 Å². The number of methoxy groups -OCH3 is 2. The third kappa shape index (κ3) is 12.6. The Kier molecular flexibility index (Phi) is 17.8. The van der Waals surface area contributed by atoms with Crippen LogP contribution in [0, 0.1) is 21.7 Å². The van der Waals surface area contributed by atoms with Gasteiger partial charge < -0.3 is 25.8 Å². The van der Waals surface area contributed by atoms with Crippen molar-refractivity contribution >= 4 is 57.7 Å². The van der Waals surface area contributed by atoms with Crippen LogP contribution in [-0.2, 0) is 31.9 Å². The summed E-state index contributed by atoms with van der Waals surface area (Å²) in [5.41, 5.74) is 8.22. The summed E-state index contributed by atoms with van der Waals surface area (Å²) in [5.74, 6) is -1.99. The molecule has 2 unspecified atom stereocenters. The lowest BCUT2D eigenvalue weighted by Gasteiger charge is -2.18. The van der Waals surface area contributed by atoms with Crippen molar-refractivity contribution in [1.29, 1.82) is 0 Å². The number of anilines is 1. The first-order chi connectivity index (χ1) is 22.9. The van der Waals surface area contributed by atoms with Crippen LogP contribution < -0.4 is 16.4 Å². The third-order valence-electron chi connectivity index (χ3n) is 6.83. The van der Waals surface area contributed by atoms with Crippen molar-refractivity contribution < 1.29 is 32.8 Å². The molecule has 0 aliphatic heterocycles. The van der Waals surface area contributed by atoms with Crippen LogP contribution in [0.5, 0.6) is 0 Å². The molecule has 4 aromatic carbocycles. The van der Waals surface area contributed by atoms with Gasteiger partial charge in [-0.1, -0.05) is 87.8 Å². The van der Waals surface area contributed by atoms with Crippen LogP contribution in [0.15, 0.2) is 97.1 Å². The van der Waals surface area contributed by atoms with Gasteiger partial charge in [0.1, 0.15) is 33.7 Å². The number of rotatable bonds is 11. The van der Waals surface area contributed by atoms with E-state index in [0.717, 1.165) is 5.56 Å². The van der Waals surface area contributed by atoms with E-state index in [1.807, 2.05) is 12.1 Å². The summed E-state index contributed by atoms with van der Waals surface area (Å²) in [6.45, 7) is 0. The molecule has 266 valence electrons. The largest absolute Gasteiger partial charge is 0.467 e. The first kappa shape index (κ1) is 42.7. The molecule has 50 heavy (non-hydrogen) atoms. The highest BCUT2D eigenvalue weighted by Crippen LogP contribution is 2.15. The maximum Gasteiger partial charge on any atom is 0.328 e. The Morgan fingerprint density at radius 2 is 1.08 bits per heavy atom. The highest BCUT2D eigenvalue weighted by atomic mass is 32.1. The predicted octanol–water partition coefficient (Wildman–Crippen LogP) is 6.51. The van der Waals surface area contributed by atoms with Gasteiger partial charge >= 0.3 is 11.9 Å². The summed E-state index contributed by atoms with van der Waals surface area (Å²) in [4.78, 5) is 34.4. The second kappa shape index (κ2) is 20.9. The van der Waals surface area contributed by atoms with E-state index in [2.05, 4.69) is 10.6 Å². The smallest absolute Gasteiger partial charge is 0.328 e. The Labute approximate surface area is 301 Å². The van der Waals surface area contributed by atoms with Gasteiger partial charge in [0.25, 0.3) is 5.69 Å². The van der Waals surface area contributed by atoms with Gasteiger partial charge in [-0.2, -0.15) is 0 Å². The molecule has 0 aliphatic rings. The van der Waals surface area contributed by atoms with E-state index in [4.69, 9.17) is 39.6 Å². The highest BCUT2D eigenvalue weighted by molar-refractivity contribution is 7.81. The van der Waals surface area contributed by atoms with E-state index in [9.17, 15) is 28.5 Å². The molecule has 4 rings (SSSR count). The number of hydrogen-bond donors (Lipinski definition) is 3. The lowest BCUT2D eigenvalue weighted by atomic mass is 10.0. The molecule has 0 radical (unpaired) electrons. The van der Waals surface area contributed by atoms with Crippen LogP contribution >= 0.6 is 24.4 Å². The summed E-state index contributed by atoms with van der Waals surface area (Å²) in [6.07, 6.45) is 0.529. The zero-order valence-corrected chi connectivity index (χ0v) is 27.5. The Hall–Kier alpha value is -5.34. The number of nitrogen functional groups attached to an aromatic ring is 1. The van der Waals surface area contributed by atoms with Crippen molar-refractivity contribution in [3.63, 3.8) is 0 Å². The van der Waals surface area contributed by atoms with Gasteiger partial charge in [0.05, 0.1) is 19.1 Å². The lowest BCUT2D eigenvalue weighted by molar-refractivity contribution is -0.384. The fourth-order valence-corrected chi connectivity index (χ4v) is 4.93. The summed E-state index contributed by atoms with van der Waals surface area (Å²) in [5, 5.41) is 16.4. The first-order valence-corrected chi connectivity index (χ1v) is 15.1. The highest BCUT2D eigenvalue weighted by Gasteiger charge is 2.23. The lowest BCUT2D eigenvalue weighted by Crippen LogP contribution is -2.42. The monoisotopic (exact) mass is 726 g/mol. The van der Waals surface area contributed by atoms with E-state index < -0.39 is 40.6 Å². The number of hydrogen-bond acceptors (Lipinski definition) is 9. The number of halogens is 2. The molecule has 0 spiro atoms. The Balaban J connectivity index is 0.000000482. The van der Waals surface area contributed by atoms with E-state index >= 15 is 0 Å². The van der Waals surface area contributed by atoms with Gasteiger partial charge in [0.2, 0.25) is 0 Å². The average molecular weight is 727 g/mol. The number of nitrogens with two attached hydrogens (primary N) is 1. The molecule has 2 atom stereocenters. The number of nitro benzene ring substituents is 1. The SMILES string of the molecule is C.C.COC(=O)C(Cc1ccc(N)cc1)NC(=S)c1ccccc1F.COC(=O)C(Cc1ccc([N+](=O)[O-])cc1)NC(=S)c1ccccc1F. The van der Waals surface area contributed by atoms with Crippen LogP contribution in [0.25, 0.3) is 0 Å². The molecule has 0 aliphatic carbocycles. The number of nitrogens with zero attached hydrogens (tertiary/aromatic N) is 1. The van der Waals surface area contributed by atoms with Crippen molar-refractivity contribution in [3.8, 4) is 0 Å². The fraction of sp³-hybridized carbons (Fsp3) is 0.222. The standard InChI is InChI=1S/C17H15FN2O4S.C17H17FN2O2S.2CH4/c1-24-17(21)15(10-11-6-8-12(9-7-11)20(22)23)19-16(25)13-4-2-3-5-14(13)18;1-22-17(21)15(10-11-6-8-12(19)9-7-11)20-16(23)13-4-2-3-5-14(13)18;;/h2-9,15H,10H2,1H3,(H,19,25);2-9,15H,10,19H2,1H3,(H,20,23);2*1H4. The number of esters is 2. The Bertz CT molecular complexity index is 1760. The van der Waals surface area contributed by atoms with Crippen LogP contribution in [0.3, 0.4) is 0 Å². The first-order valence-electron chi connectivity index (χ1n) is 14.3. The molecule has 0 heterocycles. The van der Waals surface area contributed by atoms with Gasteiger partial charge in [-0.15, -0.1) is 0 Å². The zero-order chi connectivity index (χ0) is 35.2. The minimum Gasteiger partial charge on any atom is -0.467 e. The summed E-state index contributed by atoms with van der Waals surface area (Å²) < 4.78 is 37.1. The number of non-ortho nitro benzene ring substituents is 1. The zero-order valence-electron chi connectivity index (χ0n) is 25.9. The summed E-state index contributed by atoms with van der Waals surface area (Å²) >= 11 is 10.4. The van der Waals surface area contributed by atoms with Crippen molar-refractivity contribution in [3.05, 3.63) is 141 Å². The van der Waals surface area contributed by atoms with Gasteiger partial charge in [-0.3, -0.25) is 10.1 Å². The minimum atomic E-state index is -0.849. The molecule has 0 bridgehead atoms. The van der Waals surface area contributed by atoms with Gasteiger partial charge in [-0.25, -0.2) is 18.4 Å². The Morgan fingerprint density at radius 3 is 1.42 bits per heavy atom. The fourth-order valence-electron chi connectivity index (χ4n) is 4.31. The maximum atomic E-state index is 13.8. The molecular formula is C36H40F2N4O6S2. The van der Waals surface area contributed by atoms with Gasteiger partial charge in [0.15, 0.2) is 0 Å². The molecule has 4 N–H and O–H groups in total. The van der Waals surface area contributed by atoms with Crippen LogP contribution in [0.4, 0.5) is 20.2 Å². The van der Waals surface area contributed by atoms with Crippen molar-refractivity contribution in [2.75, 3.05) is 20.0 Å². The normalized spacial score (nSPS) is 11.0. The van der Waals surface area contributed by atoms with E-state index in [1.165, 1.54) is 50.6 Å². The number of thiocarbonyl (C=S) groups is 2. The summed E-state index contributed by atoms with van der Waals surface area (Å²) in [6, 6.07) is 23.4. The van der Waals surface area contributed by atoms with E-state index in [0.29, 0.717) is 17.7 Å². The van der Waals surface area contributed by atoms with Crippen molar-refractivity contribution in [2.24, 2.45) is 0 Å².